The van der Waals surface area contributed by atoms with Gasteiger partial charge in [-0.25, -0.2) is 0 Å². The van der Waals surface area contributed by atoms with Gasteiger partial charge in [0.2, 0.25) is 0 Å². The summed E-state index contributed by atoms with van der Waals surface area (Å²) in [6, 6.07) is 6.67. The molecule has 3 rings (SSSR count). The molecule has 1 fully saturated rings. The van der Waals surface area contributed by atoms with Crippen molar-refractivity contribution in [2.45, 2.75) is 33.1 Å². The van der Waals surface area contributed by atoms with E-state index < -0.39 is 5.97 Å². The maximum Gasteiger partial charge on any atom is 0.306 e. The van der Waals surface area contributed by atoms with Crippen molar-refractivity contribution in [2.24, 2.45) is 11.8 Å². The van der Waals surface area contributed by atoms with E-state index in [0.29, 0.717) is 42.5 Å². The number of nitrogens with zero attached hydrogens (tertiary/aromatic N) is 2. The molecule has 0 N–H and O–H groups in total. The molecule has 2 aliphatic heterocycles. The van der Waals surface area contributed by atoms with Crippen LogP contribution in [0.5, 0.6) is 0 Å². The molecule has 7 heteroatoms. The van der Waals surface area contributed by atoms with Crippen molar-refractivity contribution in [3.8, 4) is 0 Å². The molecule has 0 aliphatic carbocycles. The van der Waals surface area contributed by atoms with Gasteiger partial charge in [0.05, 0.1) is 11.1 Å². The number of esters is 1. The van der Waals surface area contributed by atoms with E-state index in [1.165, 1.54) is 0 Å². The molecule has 0 spiro atoms. The van der Waals surface area contributed by atoms with Gasteiger partial charge in [0.15, 0.2) is 6.61 Å². The fourth-order valence-electron chi connectivity index (χ4n) is 4.00. The van der Waals surface area contributed by atoms with Crippen molar-refractivity contribution in [2.75, 3.05) is 26.2 Å². The second-order valence-electron chi connectivity index (χ2n) is 7.82. The predicted molar refractivity (Wildman–Crippen MR) is 102 cm³/mol. The summed E-state index contributed by atoms with van der Waals surface area (Å²) in [5.41, 5.74) is 0.788. The monoisotopic (exact) mass is 386 g/mol. The number of imide groups is 1. The molecule has 2 heterocycles. The zero-order valence-corrected chi connectivity index (χ0v) is 16.3. The van der Waals surface area contributed by atoms with Crippen molar-refractivity contribution >= 4 is 23.7 Å². The number of rotatable bonds is 6. The number of benzene rings is 1. The number of fused-ring (bicyclic) bond motifs is 1. The van der Waals surface area contributed by atoms with Gasteiger partial charge in [-0.3, -0.25) is 24.1 Å². The first-order chi connectivity index (χ1) is 13.4. The number of hydrogen-bond acceptors (Lipinski definition) is 5. The summed E-state index contributed by atoms with van der Waals surface area (Å²) in [7, 11) is 0. The van der Waals surface area contributed by atoms with E-state index in [0.717, 1.165) is 11.3 Å². The van der Waals surface area contributed by atoms with Gasteiger partial charge < -0.3 is 9.64 Å². The van der Waals surface area contributed by atoms with Crippen LogP contribution in [0.2, 0.25) is 0 Å². The molecule has 1 aromatic carbocycles. The van der Waals surface area contributed by atoms with Crippen LogP contribution in [0.15, 0.2) is 24.3 Å². The molecular weight excluding hydrogens is 360 g/mol. The van der Waals surface area contributed by atoms with E-state index in [2.05, 4.69) is 13.8 Å². The number of carbonyl (C=O) groups excluding carboxylic acids is 4. The molecule has 0 unspecified atom stereocenters. The van der Waals surface area contributed by atoms with Crippen LogP contribution >= 0.6 is 0 Å². The molecule has 0 radical (unpaired) electrons. The lowest BCUT2D eigenvalue weighted by molar-refractivity contribution is -0.153. The van der Waals surface area contributed by atoms with Crippen LogP contribution in [-0.4, -0.2) is 59.7 Å². The minimum absolute atomic E-state index is 0.0491. The number of hydrogen-bond donors (Lipinski definition) is 0. The van der Waals surface area contributed by atoms with Crippen LogP contribution in [0, 0.1) is 11.8 Å². The molecule has 0 bridgehead atoms. The second kappa shape index (κ2) is 8.54. The zero-order valence-electron chi connectivity index (χ0n) is 16.3. The van der Waals surface area contributed by atoms with E-state index in [9.17, 15) is 19.2 Å². The van der Waals surface area contributed by atoms with Crippen LogP contribution in [0.1, 0.15) is 53.8 Å². The summed E-state index contributed by atoms with van der Waals surface area (Å²) < 4.78 is 5.09. The Morgan fingerprint density at radius 2 is 1.61 bits per heavy atom. The van der Waals surface area contributed by atoms with Gasteiger partial charge in [0.25, 0.3) is 17.7 Å². The van der Waals surface area contributed by atoms with Gasteiger partial charge in [-0.15, -0.1) is 0 Å². The Morgan fingerprint density at radius 1 is 1.04 bits per heavy atom. The maximum absolute atomic E-state index is 12.3. The maximum atomic E-state index is 12.3. The highest BCUT2D eigenvalue weighted by Crippen LogP contribution is 2.23. The number of ether oxygens (including phenoxy) is 1. The standard InChI is InChI=1S/C21H26N2O5/c1-14-10-15(2)12-22(11-14)18(24)13-28-19(25)8-5-9-23-20(26)16-6-3-4-7-17(16)21(23)27/h3-4,6-7,14-15H,5,8-13H2,1-2H3/t14-,15-/m0/s1. The number of amides is 3. The second-order valence-corrected chi connectivity index (χ2v) is 7.82. The minimum Gasteiger partial charge on any atom is -0.456 e. The molecule has 150 valence electrons. The molecule has 2 atom stereocenters. The summed E-state index contributed by atoms with van der Waals surface area (Å²) in [5, 5.41) is 0. The van der Waals surface area contributed by atoms with Gasteiger partial charge in [-0.05, 0) is 36.8 Å². The van der Waals surface area contributed by atoms with Crippen molar-refractivity contribution in [1.82, 2.24) is 9.80 Å². The van der Waals surface area contributed by atoms with Crippen molar-refractivity contribution in [3.63, 3.8) is 0 Å². The Balaban J connectivity index is 1.40. The average Bonchev–Trinajstić information content (AvgIpc) is 2.90. The smallest absolute Gasteiger partial charge is 0.306 e. The molecule has 28 heavy (non-hydrogen) atoms. The first-order valence-corrected chi connectivity index (χ1v) is 9.75. The molecule has 0 saturated carbocycles. The van der Waals surface area contributed by atoms with E-state index in [1.807, 2.05) is 0 Å². The third-order valence-corrected chi connectivity index (χ3v) is 5.22. The molecular formula is C21H26N2O5. The topological polar surface area (TPSA) is 84.0 Å². The SMILES string of the molecule is C[C@H]1C[C@H](C)CN(C(=O)COC(=O)CCCN2C(=O)c3ccccc3C2=O)C1. The normalized spacial score (nSPS) is 21.6. The summed E-state index contributed by atoms with van der Waals surface area (Å²) in [5.74, 6) is -0.448. The lowest BCUT2D eigenvalue weighted by Crippen LogP contribution is -2.44. The van der Waals surface area contributed by atoms with Crippen LogP contribution in [-0.2, 0) is 14.3 Å². The quantitative estimate of drug-likeness (QED) is 0.552. The lowest BCUT2D eigenvalue weighted by atomic mass is 9.92. The van der Waals surface area contributed by atoms with Crippen LogP contribution in [0.25, 0.3) is 0 Å². The Labute approximate surface area is 164 Å². The summed E-state index contributed by atoms with van der Waals surface area (Å²) in [4.78, 5) is 51.6. The number of likely N-dealkylation sites (tertiary alicyclic amines) is 1. The largest absolute Gasteiger partial charge is 0.456 e. The third-order valence-electron chi connectivity index (χ3n) is 5.22. The highest BCUT2D eigenvalue weighted by Gasteiger charge is 2.34. The molecule has 0 aromatic heterocycles. The Morgan fingerprint density at radius 3 is 2.18 bits per heavy atom. The highest BCUT2D eigenvalue weighted by atomic mass is 16.5. The predicted octanol–water partition coefficient (Wildman–Crippen LogP) is 2.11. The van der Waals surface area contributed by atoms with Crippen molar-refractivity contribution < 1.29 is 23.9 Å². The van der Waals surface area contributed by atoms with Crippen LogP contribution < -0.4 is 0 Å². The Hall–Kier alpha value is -2.70. The molecule has 7 nitrogen and oxygen atoms in total. The van der Waals surface area contributed by atoms with Gasteiger partial charge in [0, 0.05) is 26.1 Å². The Bertz CT molecular complexity index is 746. The van der Waals surface area contributed by atoms with E-state index in [4.69, 9.17) is 4.74 Å². The van der Waals surface area contributed by atoms with Crippen LogP contribution in [0.3, 0.4) is 0 Å². The Kier molecular flexibility index (Phi) is 6.11. The van der Waals surface area contributed by atoms with Gasteiger partial charge in [-0.1, -0.05) is 26.0 Å². The zero-order chi connectivity index (χ0) is 20.3. The third kappa shape index (κ3) is 4.40. The first-order valence-electron chi connectivity index (χ1n) is 9.75. The molecule has 1 aromatic rings. The van der Waals surface area contributed by atoms with E-state index in [-0.39, 0.29) is 37.3 Å². The van der Waals surface area contributed by atoms with E-state index in [1.54, 1.807) is 29.2 Å². The summed E-state index contributed by atoms with van der Waals surface area (Å²) >= 11 is 0. The van der Waals surface area contributed by atoms with Crippen molar-refractivity contribution in [3.05, 3.63) is 35.4 Å². The van der Waals surface area contributed by atoms with Crippen molar-refractivity contribution in [1.29, 1.82) is 0 Å². The highest BCUT2D eigenvalue weighted by molar-refractivity contribution is 6.21. The minimum atomic E-state index is -0.497. The fraction of sp³-hybridized carbons (Fsp3) is 0.524. The summed E-state index contributed by atoms with van der Waals surface area (Å²) in [6.45, 7) is 5.51. The fourth-order valence-corrected chi connectivity index (χ4v) is 4.00. The average molecular weight is 386 g/mol. The number of piperidine rings is 1. The van der Waals surface area contributed by atoms with Crippen LogP contribution in [0.4, 0.5) is 0 Å². The van der Waals surface area contributed by atoms with E-state index >= 15 is 0 Å². The molecule has 2 aliphatic rings. The molecule has 1 saturated heterocycles. The number of carbonyl (C=O) groups is 4. The lowest BCUT2D eigenvalue weighted by Gasteiger charge is -2.34. The van der Waals surface area contributed by atoms with Gasteiger partial charge in [0.1, 0.15) is 0 Å². The van der Waals surface area contributed by atoms with Gasteiger partial charge >= 0.3 is 5.97 Å². The first kappa shape index (κ1) is 20.0. The molecule has 3 amide bonds. The summed E-state index contributed by atoms with van der Waals surface area (Å²) in [6.07, 6.45) is 1.45. The van der Waals surface area contributed by atoms with Gasteiger partial charge in [-0.2, -0.15) is 0 Å².